The van der Waals surface area contributed by atoms with Gasteiger partial charge in [-0.3, -0.25) is 0 Å². The van der Waals surface area contributed by atoms with Crippen molar-refractivity contribution < 1.29 is 81.8 Å². The van der Waals surface area contributed by atoms with Crippen molar-refractivity contribution in [3.63, 3.8) is 0 Å². The van der Waals surface area contributed by atoms with Crippen LogP contribution < -0.4 is 48.0 Å². The van der Waals surface area contributed by atoms with Gasteiger partial charge in [0.05, 0.1) is 0 Å². The smallest absolute Gasteiger partial charge is 1.00 e. The monoisotopic (exact) mass is 446 g/mol. The van der Waals surface area contributed by atoms with Crippen molar-refractivity contribution in [3.05, 3.63) is 0 Å². The molecular weight excluding hydrogens is 439 g/mol. The molecule has 0 aromatic carbocycles. The van der Waals surface area contributed by atoms with Crippen LogP contribution in [0.4, 0.5) is 0 Å². The summed E-state index contributed by atoms with van der Waals surface area (Å²) in [4.78, 5) is 24.0. The summed E-state index contributed by atoms with van der Waals surface area (Å²) < 4.78 is 0. The molecule has 0 saturated carbocycles. The number of halogens is 2. The van der Waals surface area contributed by atoms with Gasteiger partial charge in [0.2, 0.25) is 0 Å². The molecule has 9 heavy (non-hydrogen) atoms. The van der Waals surface area contributed by atoms with Crippen LogP contribution in [0, 0.1) is 0 Å². The van der Waals surface area contributed by atoms with Crippen molar-refractivity contribution in [2.24, 2.45) is 0 Å². The zero-order valence-corrected chi connectivity index (χ0v) is 10.5. The molecule has 0 aliphatic carbocycles. The number of hydrogen-bond acceptors (Lipinski definition) is 3. The summed E-state index contributed by atoms with van der Waals surface area (Å²) >= 11 is 0. The van der Waals surface area contributed by atoms with Gasteiger partial charge in [0.1, 0.15) is 20.4 Å². The molecular formula is C3H6I2O3Ru. The van der Waals surface area contributed by atoms with E-state index in [0.717, 1.165) is 0 Å². The molecule has 0 spiro atoms. The SMILES string of the molecule is C=O.C=O.C=O.[I-].[I-].[Ru+2]. The average Bonchev–Trinajstić information content (AvgIpc) is 1.81. The van der Waals surface area contributed by atoms with Gasteiger partial charge in [0.15, 0.2) is 0 Å². The number of rotatable bonds is 0. The predicted molar refractivity (Wildman–Crippen MR) is 21.4 cm³/mol. The summed E-state index contributed by atoms with van der Waals surface area (Å²) in [6.45, 7) is 6.00. The fourth-order valence-electron chi connectivity index (χ4n) is 0. The first-order valence-electron chi connectivity index (χ1n) is 0.866. The second-order valence-corrected chi connectivity index (χ2v) is 0. The Morgan fingerprint density at radius 2 is 0.556 bits per heavy atom. The largest absolute Gasteiger partial charge is 2.00 e. The predicted octanol–water partition coefficient (Wildman–Crippen LogP) is -6.55. The summed E-state index contributed by atoms with van der Waals surface area (Å²) in [5, 5.41) is 0. The van der Waals surface area contributed by atoms with E-state index in [1.54, 1.807) is 0 Å². The van der Waals surface area contributed by atoms with Crippen molar-refractivity contribution >= 4 is 20.4 Å². The van der Waals surface area contributed by atoms with Crippen molar-refractivity contribution in [2.75, 3.05) is 0 Å². The molecule has 0 rings (SSSR count). The molecule has 3 nitrogen and oxygen atoms in total. The van der Waals surface area contributed by atoms with Gasteiger partial charge >= 0.3 is 19.5 Å². The van der Waals surface area contributed by atoms with Gasteiger partial charge in [0, 0.05) is 0 Å². The van der Waals surface area contributed by atoms with Crippen molar-refractivity contribution in [1.29, 1.82) is 0 Å². The van der Waals surface area contributed by atoms with E-state index in [1.807, 2.05) is 20.4 Å². The van der Waals surface area contributed by atoms with E-state index in [9.17, 15) is 0 Å². The standard InChI is InChI=1S/3CH2O.2HI.Ru/c3*1-2;;;/h3*1H2;2*1H;/q;;;;;+2/p-2. The molecule has 6 heteroatoms. The Bertz CT molecular complexity index is 21.8. The molecule has 0 saturated heterocycles. The van der Waals surface area contributed by atoms with Crippen LogP contribution >= 0.6 is 0 Å². The Morgan fingerprint density at radius 1 is 0.556 bits per heavy atom. The van der Waals surface area contributed by atoms with E-state index in [0.29, 0.717) is 0 Å². The molecule has 0 aliphatic rings. The second kappa shape index (κ2) is 498. The fourth-order valence-corrected chi connectivity index (χ4v) is 0. The first kappa shape index (κ1) is 49.8. The summed E-state index contributed by atoms with van der Waals surface area (Å²) in [5.41, 5.74) is 0. The summed E-state index contributed by atoms with van der Waals surface area (Å²) in [6.07, 6.45) is 0. The van der Waals surface area contributed by atoms with E-state index in [4.69, 9.17) is 14.4 Å². The third-order valence-corrected chi connectivity index (χ3v) is 0. The normalized spacial score (nSPS) is 1.33. The molecule has 0 aliphatic heterocycles. The molecule has 58 valence electrons. The van der Waals surface area contributed by atoms with Crippen LogP contribution in [0.15, 0.2) is 0 Å². The number of hydrogen-bond donors (Lipinski definition) is 0. The molecule has 0 aromatic heterocycles. The zero-order chi connectivity index (χ0) is 6.00. The van der Waals surface area contributed by atoms with Crippen molar-refractivity contribution in [2.45, 2.75) is 0 Å². The maximum atomic E-state index is 8.00. The van der Waals surface area contributed by atoms with Crippen LogP contribution in [0.25, 0.3) is 0 Å². The van der Waals surface area contributed by atoms with Gasteiger partial charge in [-0.2, -0.15) is 0 Å². The minimum atomic E-state index is 0. The molecule has 0 fully saturated rings. The topological polar surface area (TPSA) is 51.2 Å². The molecule has 0 N–H and O–H groups in total. The molecule has 0 aromatic rings. The Balaban J connectivity index is -0.00000000321. The van der Waals surface area contributed by atoms with E-state index in [1.165, 1.54) is 0 Å². The molecule has 0 radical (unpaired) electrons. The van der Waals surface area contributed by atoms with E-state index >= 15 is 0 Å². The van der Waals surface area contributed by atoms with Crippen LogP contribution in [0.2, 0.25) is 0 Å². The Hall–Kier alpha value is 1.09. The minimum Gasteiger partial charge on any atom is -1.00 e. The Labute approximate surface area is 101 Å². The quantitative estimate of drug-likeness (QED) is 0.276. The van der Waals surface area contributed by atoms with Crippen LogP contribution in [0.3, 0.4) is 0 Å². The summed E-state index contributed by atoms with van der Waals surface area (Å²) in [7, 11) is 0. The van der Waals surface area contributed by atoms with Gasteiger partial charge in [-0.05, 0) is 0 Å². The van der Waals surface area contributed by atoms with Gasteiger partial charge < -0.3 is 62.3 Å². The van der Waals surface area contributed by atoms with Crippen LogP contribution in [0.5, 0.6) is 0 Å². The molecule has 0 atom stereocenters. The van der Waals surface area contributed by atoms with Crippen LogP contribution in [0.1, 0.15) is 0 Å². The number of carbonyl (C=O) groups excluding carboxylic acids is 3. The second-order valence-electron chi connectivity index (χ2n) is 0. The molecule has 0 unspecified atom stereocenters. The average molecular weight is 445 g/mol. The first-order chi connectivity index (χ1) is 3.00. The van der Waals surface area contributed by atoms with Gasteiger partial charge in [-0.1, -0.05) is 0 Å². The fraction of sp³-hybridized carbons (Fsp3) is 0. The van der Waals surface area contributed by atoms with Crippen LogP contribution in [-0.2, 0) is 33.9 Å². The van der Waals surface area contributed by atoms with Crippen molar-refractivity contribution in [3.8, 4) is 0 Å². The number of carbonyl (C=O) groups is 3. The Morgan fingerprint density at radius 3 is 0.556 bits per heavy atom. The van der Waals surface area contributed by atoms with Gasteiger partial charge in [-0.25, -0.2) is 0 Å². The van der Waals surface area contributed by atoms with E-state index in [-0.39, 0.29) is 67.4 Å². The first-order valence-corrected chi connectivity index (χ1v) is 0.866. The third-order valence-electron chi connectivity index (χ3n) is 0. The van der Waals surface area contributed by atoms with Gasteiger partial charge in [-0.15, -0.1) is 0 Å². The van der Waals surface area contributed by atoms with E-state index < -0.39 is 0 Å². The summed E-state index contributed by atoms with van der Waals surface area (Å²) in [5.74, 6) is 0. The van der Waals surface area contributed by atoms with Gasteiger partial charge in [0.25, 0.3) is 0 Å². The van der Waals surface area contributed by atoms with E-state index in [2.05, 4.69) is 0 Å². The van der Waals surface area contributed by atoms with Crippen LogP contribution in [-0.4, -0.2) is 20.4 Å². The maximum absolute atomic E-state index is 8.00. The molecule has 0 amide bonds. The van der Waals surface area contributed by atoms with Crippen molar-refractivity contribution in [1.82, 2.24) is 0 Å². The third kappa shape index (κ3) is 383. The summed E-state index contributed by atoms with van der Waals surface area (Å²) in [6, 6.07) is 0. The maximum Gasteiger partial charge on any atom is 2.00 e. The molecule has 0 heterocycles. The zero-order valence-electron chi connectivity index (χ0n) is 4.46. The Kier molecular flexibility index (Phi) is 2760. The minimum absolute atomic E-state index is 0. The molecule has 0 bridgehead atoms.